The molecule has 2 nitrogen and oxygen atoms in total. The first-order valence-electron chi connectivity index (χ1n) is 8.68. The minimum absolute atomic E-state index is 0.0728. The van der Waals surface area contributed by atoms with Crippen LogP contribution in [0.2, 0.25) is 19.6 Å². The van der Waals surface area contributed by atoms with Crippen molar-refractivity contribution in [3.05, 3.63) is 53.7 Å². The molecule has 0 spiro atoms. The van der Waals surface area contributed by atoms with Crippen LogP contribution in [0.3, 0.4) is 0 Å². The lowest BCUT2D eigenvalue weighted by Crippen LogP contribution is -2.39. The van der Waals surface area contributed by atoms with E-state index >= 15 is 0 Å². The van der Waals surface area contributed by atoms with E-state index < -0.39 is 8.07 Å². The van der Waals surface area contributed by atoms with Crippen LogP contribution in [0.5, 0.6) is 0 Å². The average molecular weight is 367 g/mol. The van der Waals surface area contributed by atoms with Gasteiger partial charge in [-0.3, -0.25) is 4.98 Å². The second-order valence-electron chi connectivity index (χ2n) is 8.52. The molecule has 0 fully saturated rings. The summed E-state index contributed by atoms with van der Waals surface area (Å²) in [5, 5.41) is 4.69. The quantitative estimate of drug-likeness (QED) is 0.554. The smallest absolute Gasteiger partial charge is 0.123 e. The Balaban J connectivity index is 2.17. The fourth-order valence-corrected chi connectivity index (χ4v) is 5.36. The van der Waals surface area contributed by atoms with Crippen molar-refractivity contribution in [2.75, 3.05) is 0 Å². The Labute approximate surface area is 156 Å². The first-order valence-corrected chi connectivity index (χ1v) is 13.1. The normalized spacial score (nSPS) is 12.4. The van der Waals surface area contributed by atoms with Gasteiger partial charge in [-0.1, -0.05) is 70.7 Å². The summed E-state index contributed by atoms with van der Waals surface area (Å²) in [6, 6.07) is 12.6. The van der Waals surface area contributed by atoms with Crippen molar-refractivity contribution in [1.29, 1.82) is 0 Å². The molecule has 0 saturated carbocycles. The van der Waals surface area contributed by atoms with Crippen LogP contribution in [0.1, 0.15) is 26.5 Å². The molecule has 0 N–H and O–H groups in total. The van der Waals surface area contributed by atoms with Crippen molar-refractivity contribution in [3.8, 4) is 21.8 Å². The van der Waals surface area contributed by atoms with Crippen molar-refractivity contribution in [2.24, 2.45) is 0 Å². The van der Waals surface area contributed by atoms with Crippen LogP contribution in [-0.4, -0.2) is 18.0 Å². The third kappa shape index (κ3) is 3.91. The molecule has 0 unspecified atom stereocenters. The molecule has 2 aromatic heterocycles. The zero-order valence-electron chi connectivity index (χ0n) is 15.9. The van der Waals surface area contributed by atoms with Gasteiger partial charge in [-0.2, -0.15) is 0 Å². The van der Waals surface area contributed by atoms with Crippen molar-refractivity contribution in [3.63, 3.8) is 0 Å². The van der Waals surface area contributed by atoms with Gasteiger partial charge in [0.25, 0.3) is 0 Å². The summed E-state index contributed by atoms with van der Waals surface area (Å²) in [7, 11) is -1.52. The molecule has 3 aromatic rings. The first kappa shape index (κ1) is 18.0. The SMILES string of the molecule is CC(C)(C)c1csc(-c2cc(-c3ccccc3)ncc2[Si](C)(C)C)n1. The molecular weight excluding hydrogens is 340 g/mol. The van der Waals surface area contributed by atoms with E-state index in [1.807, 2.05) is 6.07 Å². The highest BCUT2D eigenvalue weighted by Crippen LogP contribution is 2.31. The number of rotatable bonds is 3. The maximum Gasteiger partial charge on any atom is 0.123 e. The monoisotopic (exact) mass is 366 g/mol. The average Bonchev–Trinajstić information content (AvgIpc) is 3.04. The highest BCUT2D eigenvalue weighted by molar-refractivity contribution is 7.13. The first-order chi connectivity index (χ1) is 11.7. The third-order valence-corrected chi connectivity index (χ3v) is 7.17. The maximum absolute atomic E-state index is 4.97. The van der Waals surface area contributed by atoms with Crippen LogP contribution in [0.4, 0.5) is 0 Å². The molecule has 4 heteroatoms. The number of hydrogen-bond acceptors (Lipinski definition) is 3. The standard InChI is InChI=1S/C21H26N2SSi/c1-21(2,3)19-14-24-20(23-19)16-12-17(15-10-8-7-9-11-15)22-13-18(16)25(4,5)6/h7-14H,1-6H3. The van der Waals surface area contributed by atoms with Gasteiger partial charge in [0, 0.05) is 28.1 Å². The molecule has 0 aliphatic rings. The van der Waals surface area contributed by atoms with E-state index in [4.69, 9.17) is 9.97 Å². The number of nitrogens with zero attached hydrogens (tertiary/aromatic N) is 2. The Morgan fingerprint density at radius 1 is 1.00 bits per heavy atom. The maximum atomic E-state index is 4.97. The van der Waals surface area contributed by atoms with E-state index in [9.17, 15) is 0 Å². The third-order valence-electron chi connectivity index (χ3n) is 4.28. The van der Waals surface area contributed by atoms with Crippen LogP contribution in [0, 0.1) is 0 Å². The highest BCUT2D eigenvalue weighted by Gasteiger charge is 2.25. The zero-order chi connectivity index (χ0) is 18.2. The van der Waals surface area contributed by atoms with Gasteiger partial charge in [-0.15, -0.1) is 11.3 Å². The van der Waals surface area contributed by atoms with Crippen LogP contribution >= 0.6 is 11.3 Å². The minimum Gasteiger partial charge on any atom is -0.256 e. The Morgan fingerprint density at radius 3 is 2.24 bits per heavy atom. The van der Waals surface area contributed by atoms with Gasteiger partial charge in [-0.05, 0) is 11.3 Å². The summed E-state index contributed by atoms with van der Waals surface area (Å²) in [6.45, 7) is 13.8. The van der Waals surface area contributed by atoms with E-state index in [-0.39, 0.29) is 5.41 Å². The van der Waals surface area contributed by atoms with E-state index in [0.29, 0.717) is 0 Å². The van der Waals surface area contributed by atoms with Gasteiger partial charge < -0.3 is 0 Å². The van der Waals surface area contributed by atoms with Crippen molar-refractivity contribution < 1.29 is 0 Å². The summed E-state index contributed by atoms with van der Waals surface area (Å²) in [5.74, 6) is 0. The minimum atomic E-state index is -1.52. The number of aromatic nitrogens is 2. The molecule has 3 rings (SSSR count). The van der Waals surface area contributed by atoms with Gasteiger partial charge in [0.2, 0.25) is 0 Å². The van der Waals surface area contributed by atoms with Crippen molar-refractivity contribution in [1.82, 2.24) is 9.97 Å². The molecule has 0 amide bonds. The Kier molecular flexibility index (Phi) is 4.69. The van der Waals surface area contributed by atoms with Gasteiger partial charge in [-0.25, -0.2) is 4.98 Å². The molecule has 0 aliphatic carbocycles. The lowest BCUT2D eigenvalue weighted by molar-refractivity contribution is 0.573. The molecule has 130 valence electrons. The van der Waals surface area contributed by atoms with Crippen LogP contribution < -0.4 is 5.19 Å². The molecule has 2 heterocycles. The fraction of sp³-hybridized carbons (Fsp3) is 0.333. The number of benzene rings is 1. The van der Waals surface area contributed by atoms with Crippen LogP contribution in [0.15, 0.2) is 48.0 Å². The molecule has 0 saturated heterocycles. The summed E-state index contributed by atoms with van der Waals surface area (Å²) >= 11 is 1.75. The number of pyridine rings is 1. The zero-order valence-corrected chi connectivity index (χ0v) is 17.7. The summed E-state index contributed by atoms with van der Waals surface area (Å²) < 4.78 is 0. The van der Waals surface area contributed by atoms with Crippen LogP contribution in [-0.2, 0) is 5.41 Å². The summed E-state index contributed by atoms with van der Waals surface area (Å²) in [4.78, 5) is 9.74. The second kappa shape index (κ2) is 6.50. The Hall–Kier alpha value is -1.78. The molecule has 0 radical (unpaired) electrons. The lowest BCUT2D eigenvalue weighted by atomic mass is 9.93. The van der Waals surface area contributed by atoms with E-state index in [1.165, 1.54) is 10.8 Å². The number of hydrogen-bond donors (Lipinski definition) is 0. The Morgan fingerprint density at radius 2 is 1.68 bits per heavy atom. The molecular formula is C21H26N2SSi. The molecule has 25 heavy (non-hydrogen) atoms. The topological polar surface area (TPSA) is 25.8 Å². The number of thiazole rings is 1. The van der Waals surface area contributed by atoms with E-state index in [2.05, 4.69) is 82.3 Å². The fourth-order valence-electron chi connectivity index (χ4n) is 2.74. The van der Waals surface area contributed by atoms with Crippen LogP contribution in [0.25, 0.3) is 21.8 Å². The summed E-state index contributed by atoms with van der Waals surface area (Å²) in [6.07, 6.45) is 2.09. The van der Waals surface area contributed by atoms with Crippen molar-refractivity contribution in [2.45, 2.75) is 45.8 Å². The molecule has 0 aliphatic heterocycles. The largest absolute Gasteiger partial charge is 0.256 e. The van der Waals surface area contributed by atoms with E-state index in [0.717, 1.165) is 22.0 Å². The summed E-state index contributed by atoms with van der Waals surface area (Å²) in [5.41, 5.74) is 4.66. The van der Waals surface area contributed by atoms with Gasteiger partial charge >= 0.3 is 0 Å². The molecule has 1 aromatic carbocycles. The van der Waals surface area contributed by atoms with E-state index in [1.54, 1.807) is 11.3 Å². The van der Waals surface area contributed by atoms with Crippen molar-refractivity contribution >= 4 is 24.6 Å². The second-order valence-corrected chi connectivity index (χ2v) is 14.4. The molecule has 0 bridgehead atoms. The highest BCUT2D eigenvalue weighted by atomic mass is 32.1. The van der Waals surface area contributed by atoms with Gasteiger partial charge in [0.1, 0.15) is 5.01 Å². The predicted octanol–water partition coefficient (Wildman–Crippen LogP) is 5.71. The predicted molar refractivity (Wildman–Crippen MR) is 112 cm³/mol. The molecule has 0 atom stereocenters. The lowest BCUT2D eigenvalue weighted by Gasteiger charge is -2.20. The van der Waals surface area contributed by atoms with Gasteiger partial charge in [0.15, 0.2) is 0 Å². The Bertz CT molecular complexity index is 871. The van der Waals surface area contributed by atoms with Gasteiger partial charge in [0.05, 0.1) is 19.5 Å².